The number of carbonyl (C=O) groups excluding carboxylic acids is 2. The predicted octanol–water partition coefficient (Wildman–Crippen LogP) is 3.77. The molecule has 0 aliphatic heterocycles. The molecule has 0 fully saturated rings. The molecule has 0 saturated heterocycles. The Labute approximate surface area is 184 Å². The number of carbonyl (C=O) groups is 2. The SMILES string of the molecule is Cc1onc(-c2ccccc2)c1C(=O)NCCNC(=O)c1c(-c2ccccc2)noc1C. The fourth-order valence-corrected chi connectivity index (χ4v) is 3.39. The van der Waals surface area contributed by atoms with E-state index in [1.54, 1.807) is 13.8 Å². The molecule has 2 heterocycles. The number of rotatable bonds is 7. The molecule has 0 atom stereocenters. The summed E-state index contributed by atoms with van der Waals surface area (Å²) in [7, 11) is 0. The van der Waals surface area contributed by atoms with Crippen LogP contribution in [0.25, 0.3) is 22.5 Å². The number of hydrogen-bond donors (Lipinski definition) is 2. The topological polar surface area (TPSA) is 110 Å². The lowest BCUT2D eigenvalue weighted by Crippen LogP contribution is -2.35. The Morgan fingerprint density at radius 1 is 0.688 bits per heavy atom. The Balaban J connectivity index is 1.38. The summed E-state index contributed by atoms with van der Waals surface area (Å²) in [6, 6.07) is 18.7. The van der Waals surface area contributed by atoms with Crippen LogP contribution in [0.5, 0.6) is 0 Å². The van der Waals surface area contributed by atoms with E-state index in [2.05, 4.69) is 20.9 Å². The summed E-state index contributed by atoms with van der Waals surface area (Å²) in [6.07, 6.45) is 0. The summed E-state index contributed by atoms with van der Waals surface area (Å²) in [5.41, 5.74) is 3.31. The van der Waals surface area contributed by atoms with Crippen molar-refractivity contribution in [3.05, 3.63) is 83.3 Å². The average Bonchev–Trinajstić information content (AvgIpc) is 3.40. The van der Waals surface area contributed by atoms with Gasteiger partial charge in [0.05, 0.1) is 0 Å². The Kier molecular flexibility index (Phi) is 6.12. The lowest BCUT2D eigenvalue weighted by molar-refractivity contribution is 0.0926. The molecule has 0 unspecified atom stereocenters. The van der Waals surface area contributed by atoms with Gasteiger partial charge in [0.1, 0.15) is 34.0 Å². The van der Waals surface area contributed by atoms with Crippen LogP contribution in [0.2, 0.25) is 0 Å². The van der Waals surface area contributed by atoms with E-state index in [4.69, 9.17) is 9.05 Å². The van der Waals surface area contributed by atoms with Crippen molar-refractivity contribution in [3.8, 4) is 22.5 Å². The van der Waals surface area contributed by atoms with Crippen molar-refractivity contribution in [2.45, 2.75) is 13.8 Å². The lowest BCUT2D eigenvalue weighted by atomic mass is 10.1. The molecule has 0 saturated carbocycles. The monoisotopic (exact) mass is 430 g/mol. The van der Waals surface area contributed by atoms with Crippen molar-refractivity contribution in [2.24, 2.45) is 0 Å². The van der Waals surface area contributed by atoms with E-state index >= 15 is 0 Å². The first-order valence-corrected chi connectivity index (χ1v) is 10.2. The second kappa shape index (κ2) is 9.30. The molecular formula is C24H22N4O4. The molecule has 4 aromatic rings. The number of nitrogens with one attached hydrogen (secondary N) is 2. The van der Waals surface area contributed by atoms with Gasteiger partial charge >= 0.3 is 0 Å². The van der Waals surface area contributed by atoms with Crippen LogP contribution in [-0.2, 0) is 0 Å². The normalized spacial score (nSPS) is 10.7. The van der Waals surface area contributed by atoms with E-state index in [-0.39, 0.29) is 24.9 Å². The fourth-order valence-electron chi connectivity index (χ4n) is 3.39. The van der Waals surface area contributed by atoms with Gasteiger partial charge in [-0.25, -0.2) is 0 Å². The van der Waals surface area contributed by atoms with Crippen molar-refractivity contribution in [1.29, 1.82) is 0 Å². The minimum atomic E-state index is -0.317. The van der Waals surface area contributed by atoms with Crippen LogP contribution in [0.3, 0.4) is 0 Å². The zero-order valence-electron chi connectivity index (χ0n) is 17.7. The smallest absolute Gasteiger partial charge is 0.257 e. The molecule has 2 N–H and O–H groups in total. The van der Waals surface area contributed by atoms with Gasteiger partial charge in [-0.2, -0.15) is 0 Å². The molecule has 4 rings (SSSR count). The molecule has 0 bridgehead atoms. The van der Waals surface area contributed by atoms with Crippen molar-refractivity contribution in [3.63, 3.8) is 0 Å². The van der Waals surface area contributed by atoms with E-state index in [1.165, 1.54) is 0 Å². The number of benzene rings is 2. The standard InChI is InChI=1S/C24H22N4O4/c1-15-19(21(27-31-15)17-9-5-3-6-10-17)23(29)25-13-14-26-24(30)20-16(2)32-28-22(20)18-11-7-4-8-12-18/h3-12H,13-14H2,1-2H3,(H,25,29)(H,26,30). The van der Waals surface area contributed by atoms with Crippen molar-refractivity contribution in [1.82, 2.24) is 20.9 Å². The maximum absolute atomic E-state index is 12.7. The molecule has 2 aromatic heterocycles. The highest BCUT2D eigenvalue weighted by Crippen LogP contribution is 2.26. The highest BCUT2D eigenvalue weighted by atomic mass is 16.5. The summed E-state index contributed by atoms with van der Waals surface area (Å²) in [5, 5.41) is 13.7. The largest absolute Gasteiger partial charge is 0.360 e. The second-order valence-electron chi connectivity index (χ2n) is 7.17. The van der Waals surface area contributed by atoms with Crippen LogP contribution in [0, 0.1) is 13.8 Å². The molecule has 2 amide bonds. The summed E-state index contributed by atoms with van der Waals surface area (Å²) in [5.74, 6) is 0.224. The Hall–Kier alpha value is -4.20. The Morgan fingerprint density at radius 3 is 1.44 bits per heavy atom. The van der Waals surface area contributed by atoms with Gasteiger partial charge in [-0.3, -0.25) is 9.59 Å². The Morgan fingerprint density at radius 2 is 1.06 bits per heavy atom. The molecule has 0 aliphatic rings. The first-order chi connectivity index (χ1) is 15.6. The molecule has 0 radical (unpaired) electrons. The summed E-state index contributed by atoms with van der Waals surface area (Å²) < 4.78 is 10.5. The van der Waals surface area contributed by atoms with Gasteiger partial charge in [0, 0.05) is 24.2 Å². The minimum Gasteiger partial charge on any atom is -0.360 e. The van der Waals surface area contributed by atoms with E-state index in [9.17, 15) is 9.59 Å². The van der Waals surface area contributed by atoms with E-state index < -0.39 is 0 Å². The molecule has 32 heavy (non-hydrogen) atoms. The zero-order chi connectivity index (χ0) is 22.5. The van der Waals surface area contributed by atoms with Gasteiger partial charge in [-0.15, -0.1) is 0 Å². The number of amides is 2. The van der Waals surface area contributed by atoms with E-state index in [0.29, 0.717) is 34.0 Å². The molecule has 8 heteroatoms. The van der Waals surface area contributed by atoms with Gasteiger partial charge in [-0.1, -0.05) is 71.0 Å². The van der Waals surface area contributed by atoms with Crippen LogP contribution >= 0.6 is 0 Å². The first-order valence-electron chi connectivity index (χ1n) is 10.2. The molecule has 0 aliphatic carbocycles. The zero-order valence-corrected chi connectivity index (χ0v) is 17.7. The summed E-state index contributed by atoms with van der Waals surface area (Å²) >= 11 is 0. The first kappa shape index (κ1) is 21.0. The third-order valence-electron chi connectivity index (χ3n) is 4.97. The summed E-state index contributed by atoms with van der Waals surface area (Å²) in [6.45, 7) is 3.84. The van der Waals surface area contributed by atoms with Crippen molar-refractivity contribution < 1.29 is 18.6 Å². The van der Waals surface area contributed by atoms with Crippen LogP contribution in [0.1, 0.15) is 32.2 Å². The van der Waals surface area contributed by atoms with Gasteiger partial charge in [0.25, 0.3) is 11.8 Å². The molecule has 0 spiro atoms. The highest BCUT2D eigenvalue weighted by Gasteiger charge is 2.23. The number of aromatic nitrogens is 2. The summed E-state index contributed by atoms with van der Waals surface area (Å²) in [4.78, 5) is 25.5. The third kappa shape index (κ3) is 4.29. The maximum atomic E-state index is 12.7. The minimum absolute atomic E-state index is 0.231. The fraction of sp³-hybridized carbons (Fsp3) is 0.167. The van der Waals surface area contributed by atoms with E-state index in [0.717, 1.165) is 11.1 Å². The lowest BCUT2D eigenvalue weighted by Gasteiger charge is -2.08. The number of aryl methyl sites for hydroxylation is 2. The molecule has 8 nitrogen and oxygen atoms in total. The molecular weight excluding hydrogens is 408 g/mol. The maximum Gasteiger partial charge on any atom is 0.257 e. The number of hydrogen-bond acceptors (Lipinski definition) is 6. The van der Waals surface area contributed by atoms with Gasteiger partial charge in [0.2, 0.25) is 0 Å². The average molecular weight is 430 g/mol. The van der Waals surface area contributed by atoms with E-state index in [1.807, 2.05) is 60.7 Å². The molecule has 2 aromatic carbocycles. The van der Waals surface area contributed by atoms with Crippen molar-refractivity contribution in [2.75, 3.05) is 13.1 Å². The third-order valence-corrected chi connectivity index (χ3v) is 4.97. The van der Waals surface area contributed by atoms with Gasteiger partial charge in [-0.05, 0) is 13.8 Å². The highest BCUT2D eigenvalue weighted by molar-refractivity contribution is 6.01. The van der Waals surface area contributed by atoms with Crippen molar-refractivity contribution >= 4 is 11.8 Å². The second-order valence-corrected chi connectivity index (χ2v) is 7.17. The van der Waals surface area contributed by atoms with Crippen LogP contribution in [-0.4, -0.2) is 35.2 Å². The predicted molar refractivity (Wildman–Crippen MR) is 118 cm³/mol. The van der Waals surface area contributed by atoms with Gasteiger partial charge in [0.15, 0.2) is 0 Å². The van der Waals surface area contributed by atoms with Gasteiger partial charge < -0.3 is 19.7 Å². The van der Waals surface area contributed by atoms with Crippen LogP contribution in [0.4, 0.5) is 0 Å². The quantitative estimate of drug-likeness (QED) is 0.432. The van der Waals surface area contributed by atoms with Crippen LogP contribution in [0.15, 0.2) is 69.7 Å². The van der Waals surface area contributed by atoms with Crippen LogP contribution < -0.4 is 10.6 Å². The Bertz CT molecular complexity index is 1130. The molecule has 162 valence electrons. The number of nitrogens with zero attached hydrogens (tertiary/aromatic N) is 2.